The molecule has 0 saturated heterocycles. The van der Waals surface area contributed by atoms with Gasteiger partial charge in [-0.2, -0.15) is 0 Å². The van der Waals surface area contributed by atoms with Crippen LogP contribution in [-0.4, -0.2) is 27.2 Å². The van der Waals surface area contributed by atoms with Gasteiger partial charge in [0.15, 0.2) is 14.1 Å². The predicted molar refractivity (Wildman–Crippen MR) is 138 cm³/mol. The van der Waals surface area contributed by atoms with E-state index in [1.54, 1.807) is 0 Å². The predicted octanol–water partition coefficient (Wildman–Crippen LogP) is 6.89. The second kappa shape index (κ2) is 7.96. The Morgan fingerprint density at radius 2 is 1.79 bits per heavy atom. The number of nitro benzene ring substituents is 1. The van der Waals surface area contributed by atoms with Crippen molar-refractivity contribution in [3.05, 3.63) is 33.4 Å². The molecule has 0 unspecified atom stereocenters. The van der Waals surface area contributed by atoms with Crippen molar-refractivity contribution in [3.8, 4) is 18.1 Å². The first-order valence-corrected chi connectivity index (χ1v) is 19.2. The topological polar surface area (TPSA) is 61.6 Å². The Kier molecular flexibility index (Phi) is 5.91. The highest BCUT2D eigenvalue weighted by Crippen LogP contribution is 2.66. The van der Waals surface area contributed by atoms with Crippen molar-refractivity contribution in [1.29, 1.82) is 0 Å². The molecule has 3 aliphatic carbocycles. The van der Waals surface area contributed by atoms with E-state index in [1.807, 2.05) is 6.07 Å². The van der Waals surface area contributed by atoms with Crippen LogP contribution in [-0.2, 0) is 10.8 Å². The quantitative estimate of drug-likeness (QED) is 0.197. The number of fused-ring (bicyclic) bond motifs is 5. The molecule has 0 bridgehead atoms. The van der Waals surface area contributed by atoms with Crippen LogP contribution in [0.25, 0.3) is 0 Å². The average molecular weight is 486 g/mol. The molecule has 0 radical (unpaired) electrons. The summed E-state index contributed by atoms with van der Waals surface area (Å²) in [4.78, 5) is 11.9. The second-order valence-electron chi connectivity index (χ2n) is 12.5. The summed E-state index contributed by atoms with van der Waals surface area (Å²) in [5.74, 6) is 4.95. The van der Waals surface area contributed by atoms with Crippen molar-refractivity contribution in [1.82, 2.24) is 0 Å². The molecular weight excluding hydrogens is 446 g/mol. The number of nitro groups is 1. The molecule has 1 aromatic carbocycles. The van der Waals surface area contributed by atoms with Gasteiger partial charge in [-0.05, 0) is 107 Å². The Morgan fingerprint density at radius 3 is 2.36 bits per heavy atom. The Hall–Kier alpha value is -1.63. The maximum absolute atomic E-state index is 12.1. The van der Waals surface area contributed by atoms with Crippen LogP contribution in [0.5, 0.6) is 5.75 Å². The normalized spacial score (nSPS) is 33.5. The average Bonchev–Trinajstić information content (AvgIpc) is 2.97. The van der Waals surface area contributed by atoms with Crippen LogP contribution in [0.2, 0.25) is 39.3 Å². The van der Waals surface area contributed by atoms with Gasteiger partial charge in [-0.15, -0.1) is 6.42 Å². The molecule has 0 heterocycles. The summed E-state index contributed by atoms with van der Waals surface area (Å²) in [7, 11) is -3.77. The first kappa shape index (κ1) is 24.5. The van der Waals surface area contributed by atoms with E-state index in [1.165, 1.54) is 5.56 Å². The minimum atomic E-state index is -1.96. The molecule has 7 heteroatoms. The Morgan fingerprint density at radius 1 is 1.09 bits per heavy atom. The summed E-state index contributed by atoms with van der Waals surface area (Å²) in [6.45, 7) is 15.2. The van der Waals surface area contributed by atoms with Crippen LogP contribution >= 0.6 is 0 Å². The number of hydrogen-bond acceptors (Lipinski definition) is 4. The first-order chi connectivity index (χ1) is 15.2. The van der Waals surface area contributed by atoms with Crippen molar-refractivity contribution >= 4 is 22.3 Å². The molecule has 0 aromatic heterocycles. The third-order valence-corrected chi connectivity index (χ3v) is 10.1. The van der Waals surface area contributed by atoms with E-state index < -0.39 is 22.2 Å². The van der Waals surface area contributed by atoms with Crippen molar-refractivity contribution in [3.63, 3.8) is 0 Å². The van der Waals surface area contributed by atoms with Crippen molar-refractivity contribution in [2.45, 2.75) is 96.2 Å². The number of nitrogens with zero attached hydrogens (tertiary/aromatic N) is 1. The molecule has 2 saturated carbocycles. The minimum Gasteiger partial charge on any atom is -0.540 e. The fourth-order valence-electron chi connectivity index (χ4n) is 7.20. The first-order valence-electron chi connectivity index (χ1n) is 12.4. The molecule has 180 valence electrons. The molecule has 5 atom stereocenters. The second-order valence-corrected chi connectivity index (χ2v) is 21.4. The molecule has 0 spiro atoms. The zero-order chi connectivity index (χ0) is 24.4. The monoisotopic (exact) mass is 485 g/mol. The molecule has 33 heavy (non-hydrogen) atoms. The SMILES string of the molecule is C#C[C@@]1(O[Si](C)(C)C)CC[C@H]2[C@@H]3CCc4c(ccc(O[Si](C)(C)C)c4[N+](=O)[O-])[C@H]3CC[C@@]21C. The Balaban J connectivity index is 1.71. The Bertz CT molecular complexity index is 1010. The number of benzene rings is 1. The molecule has 3 aliphatic rings. The van der Waals surface area contributed by atoms with E-state index in [0.717, 1.165) is 44.1 Å². The lowest BCUT2D eigenvalue weighted by Gasteiger charge is -2.54. The summed E-state index contributed by atoms with van der Waals surface area (Å²) >= 11 is 0. The largest absolute Gasteiger partial charge is 0.540 e. The van der Waals surface area contributed by atoms with Gasteiger partial charge in [0.2, 0.25) is 8.32 Å². The van der Waals surface area contributed by atoms with Crippen LogP contribution in [0.15, 0.2) is 12.1 Å². The summed E-state index contributed by atoms with van der Waals surface area (Å²) in [5.41, 5.74) is 1.77. The number of terminal acetylenes is 1. The highest BCUT2D eigenvalue weighted by atomic mass is 28.4. The maximum atomic E-state index is 12.1. The third kappa shape index (κ3) is 4.08. The highest BCUT2D eigenvalue weighted by molar-refractivity contribution is 6.70. The zero-order valence-corrected chi connectivity index (χ0v) is 23.3. The summed E-state index contributed by atoms with van der Waals surface area (Å²) < 4.78 is 12.9. The summed E-state index contributed by atoms with van der Waals surface area (Å²) in [5, 5.41) is 12.1. The summed E-state index contributed by atoms with van der Waals surface area (Å²) in [6, 6.07) is 3.99. The lowest BCUT2D eigenvalue weighted by atomic mass is 9.53. The van der Waals surface area contributed by atoms with Crippen LogP contribution in [0, 0.1) is 39.7 Å². The van der Waals surface area contributed by atoms with Crippen LogP contribution in [0.3, 0.4) is 0 Å². The molecule has 4 rings (SSSR count). The molecule has 0 N–H and O–H groups in total. The maximum Gasteiger partial charge on any atom is 0.312 e. The van der Waals surface area contributed by atoms with Crippen molar-refractivity contribution in [2.75, 3.05) is 0 Å². The van der Waals surface area contributed by atoms with E-state index >= 15 is 0 Å². The lowest BCUT2D eigenvalue weighted by molar-refractivity contribution is -0.386. The standard InChI is InChI=1S/C26H39NO4Si2/c1-9-26(31-33(6,7)8)17-15-22-20-10-11-21-18(19(20)14-16-25(22,26)2)12-13-23(24(21)27(28)29)30-32(3,4)5/h1,12-13,19-20,22H,10-11,14-17H2,2-8H3/t19-,20-,22+,25+,26-/m1/s1. The van der Waals surface area contributed by atoms with Gasteiger partial charge in [0.25, 0.3) is 0 Å². The molecular formula is C26H39NO4Si2. The van der Waals surface area contributed by atoms with Gasteiger partial charge in [-0.3, -0.25) is 10.1 Å². The molecule has 2 fully saturated rings. The van der Waals surface area contributed by atoms with E-state index in [9.17, 15) is 10.1 Å². The third-order valence-electron chi connectivity index (χ3n) is 8.28. The molecule has 5 nitrogen and oxygen atoms in total. The zero-order valence-electron chi connectivity index (χ0n) is 21.3. The smallest absolute Gasteiger partial charge is 0.312 e. The van der Waals surface area contributed by atoms with Gasteiger partial charge in [0, 0.05) is 11.0 Å². The molecule has 1 aromatic rings. The van der Waals surface area contributed by atoms with Crippen LogP contribution < -0.4 is 4.43 Å². The van der Waals surface area contributed by atoms with Gasteiger partial charge in [0.1, 0.15) is 5.60 Å². The van der Waals surface area contributed by atoms with Gasteiger partial charge in [0.05, 0.1) is 4.92 Å². The van der Waals surface area contributed by atoms with Gasteiger partial charge in [-0.25, -0.2) is 0 Å². The molecule has 0 amide bonds. The van der Waals surface area contributed by atoms with Gasteiger partial charge in [-0.1, -0.05) is 18.9 Å². The highest BCUT2D eigenvalue weighted by Gasteiger charge is 2.63. The molecule has 0 aliphatic heterocycles. The Labute approximate surface area is 201 Å². The van der Waals surface area contributed by atoms with E-state index in [4.69, 9.17) is 15.3 Å². The van der Waals surface area contributed by atoms with E-state index in [-0.39, 0.29) is 16.0 Å². The fourth-order valence-corrected chi connectivity index (χ4v) is 9.46. The number of hydrogen-bond donors (Lipinski definition) is 0. The van der Waals surface area contributed by atoms with E-state index in [0.29, 0.717) is 23.5 Å². The van der Waals surface area contributed by atoms with Gasteiger partial charge < -0.3 is 8.85 Å². The lowest BCUT2D eigenvalue weighted by Crippen LogP contribution is -2.54. The van der Waals surface area contributed by atoms with Crippen molar-refractivity contribution in [2.24, 2.45) is 17.3 Å². The summed E-state index contributed by atoms with van der Waals surface area (Å²) in [6.07, 6.45) is 11.9. The van der Waals surface area contributed by atoms with E-state index in [2.05, 4.69) is 58.2 Å². The minimum absolute atomic E-state index is 0.0342. The van der Waals surface area contributed by atoms with Crippen LogP contribution in [0.4, 0.5) is 5.69 Å². The number of rotatable bonds is 5. The van der Waals surface area contributed by atoms with Gasteiger partial charge >= 0.3 is 5.69 Å². The van der Waals surface area contributed by atoms with Crippen LogP contribution in [0.1, 0.15) is 56.1 Å². The van der Waals surface area contributed by atoms with Crippen molar-refractivity contribution < 1.29 is 13.8 Å². The fraction of sp³-hybridized carbons (Fsp3) is 0.692.